The third-order valence-electron chi connectivity index (χ3n) is 4.19. The van der Waals surface area contributed by atoms with E-state index in [1.165, 1.54) is 0 Å². The molecule has 3 heteroatoms. The van der Waals surface area contributed by atoms with Crippen LogP contribution in [-0.2, 0) is 0 Å². The molecular weight excluding hydrogens is 318 g/mol. The first-order valence-corrected chi connectivity index (χ1v) is 8.24. The summed E-state index contributed by atoms with van der Waals surface area (Å²) in [6.07, 6.45) is 0. The Hall–Kier alpha value is -2.45. The zero-order chi connectivity index (χ0) is 17.1. The summed E-state index contributed by atoms with van der Waals surface area (Å²) >= 11 is 6.04. The lowest BCUT2D eigenvalue weighted by atomic mass is 9.84. The Balaban J connectivity index is 2.11. The van der Waals surface area contributed by atoms with Gasteiger partial charge in [0.15, 0.2) is 0 Å². The number of hydrogen-bond donors (Lipinski definition) is 1. The smallest absolute Gasteiger partial charge is 0.119 e. The van der Waals surface area contributed by atoms with Crippen LogP contribution in [0.5, 0.6) is 5.75 Å². The Labute approximate surface area is 147 Å². The number of phenolic OH excluding ortho intramolecular Hbond substituents is 1. The van der Waals surface area contributed by atoms with Crippen molar-refractivity contribution in [3.8, 4) is 5.75 Å². The van der Waals surface area contributed by atoms with Gasteiger partial charge in [-0.2, -0.15) is 0 Å². The minimum atomic E-state index is -0.0420. The second kappa shape index (κ2) is 6.98. The number of hydrogen-bond acceptors (Lipinski definition) is 2. The molecule has 1 N–H and O–H groups in total. The first-order valence-electron chi connectivity index (χ1n) is 7.87. The van der Waals surface area contributed by atoms with Gasteiger partial charge < -0.3 is 10.0 Å². The molecule has 2 nitrogen and oxygen atoms in total. The van der Waals surface area contributed by atoms with Crippen LogP contribution in [0, 0.1) is 0 Å². The molecule has 0 saturated heterocycles. The van der Waals surface area contributed by atoms with Crippen molar-refractivity contribution >= 4 is 17.3 Å². The molecule has 0 aliphatic carbocycles. The number of rotatable bonds is 4. The van der Waals surface area contributed by atoms with Crippen LogP contribution >= 0.6 is 11.6 Å². The zero-order valence-corrected chi connectivity index (χ0v) is 14.5. The molecule has 1 atom stereocenters. The van der Waals surface area contributed by atoms with Crippen LogP contribution < -0.4 is 4.90 Å². The first kappa shape index (κ1) is 16.4. The number of aromatic hydroxyl groups is 1. The average molecular weight is 338 g/mol. The molecule has 3 rings (SSSR count). The minimum Gasteiger partial charge on any atom is -0.508 e. The number of nitrogens with zero attached hydrogens (tertiary/aromatic N) is 1. The Morgan fingerprint density at radius 3 is 1.88 bits per heavy atom. The molecular formula is C21H20ClNO. The molecule has 0 heterocycles. The molecule has 3 aromatic carbocycles. The summed E-state index contributed by atoms with van der Waals surface area (Å²) in [7, 11) is 4.05. The van der Waals surface area contributed by atoms with Crippen LogP contribution in [0.2, 0.25) is 5.02 Å². The van der Waals surface area contributed by atoms with E-state index in [2.05, 4.69) is 29.2 Å². The molecule has 0 fully saturated rings. The lowest BCUT2D eigenvalue weighted by Crippen LogP contribution is -2.09. The molecule has 0 bridgehead atoms. The summed E-state index contributed by atoms with van der Waals surface area (Å²) in [5, 5.41) is 11.1. The van der Waals surface area contributed by atoms with E-state index in [1.807, 2.05) is 56.6 Å². The fraction of sp³-hybridized carbons (Fsp3) is 0.143. The molecule has 0 aliphatic heterocycles. The number of phenols is 1. The zero-order valence-electron chi connectivity index (χ0n) is 13.8. The van der Waals surface area contributed by atoms with E-state index in [-0.39, 0.29) is 5.92 Å². The van der Waals surface area contributed by atoms with Gasteiger partial charge in [-0.05, 0) is 41.5 Å². The van der Waals surface area contributed by atoms with E-state index in [1.54, 1.807) is 6.07 Å². The third-order valence-corrected chi connectivity index (χ3v) is 4.45. The molecule has 122 valence electrons. The topological polar surface area (TPSA) is 23.5 Å². The lowest BCUT2D eigenvalue weighted by Gasteiger charge is -2.21. The van der Waals surface area contributed by atoms with Gasteiger partial charge in [0.2, 0.25) is 0 Å². The second-order valence-corrected chi connectivity index (χ2v) is 6.47. The van der Waals surface area contributed by atoms with Crippen molar-refractivity contribution in [2.24, 2.45) is 0 Å². The van der Waals surface area contributed by atoms with Gasteiger partial charge in [-0.15, -0.1) is 0 Å². The van der Waals surface area contributed by atoms with E-state index >= 15 is 0 Å². The van der Waals surface area contributed by atoms with E-state index < -0.39 is 0 Å². The summed E-state index contributed by atoms with van der Waals surface area (Å²) in [5.74, 6) is 0.258. The third kappa shape index (κ3) is 3.39. The Kier molecular flexibility index (Phi) is 4.77. The van der Waals surface area contributed by atoms with Crippen LogP contribution in [0.25, 0.3) is 0 Å². The molecule has 3 aromatic rings. The second-order valence-electron chi connectivity index (χ2n) is 6.03. The molecule has 0 aliphatic rings. The summed E-state index contributed by atoms with van der Waals surface area (Å²) in [6.45, 7) is 0. The van der Waals surface area contributed by atoms with Crippen LogP contribution in [0.15, 0.2) is 72.8 Å². The average Bonchev–Trinajstić information content (AvgIpc) is 2.59. The first-order chi connectivity index (χ1) is 11.6. The minimum absolute atomic E-state index is 0.0420. The van der Waals surface area contributed by atoms with Crippen molar-refractivity contribution in [3.05, 3.63) is 94.5 Å². The van der Waals surface area contributed by atoms with Crippen molar-refractivity contribution in [3.63, 3.8) is 0 Å². The predicted molar refractivity (Wildman–Crippen MR) is 101 cm³/mol. The number of anilines is 1. The highest BCUT2D eigenvalue weighted by Crippen LogP contribution is 2.37. The van der Waals surface area contributed by atoms with E-state index in [9.17, 15) is 5.11 Å². The largest absolute Gasteiger partial charge is 0.508 e. The lowest BCUT2D eigenvalue weighted by molar-refractivity contribution is 0.467. The molecule has 1 unspecified atom stereocenters. The van der Waals surface area contributed by atoms with Crippen molar-refractivity contribution in [2.45, 2.75) is 5.92 Å². The standard InChI is InChI=1S/C21H20ClNO/c1-23(2)18-13-9-16(10-14-18)21(15-7-11-17(22)12-8-15)19-5-3-4-6-20(19)24/h3-14,21,24H,1-2H3. The van der Waals surface area contributed by atoms with Gasteiger partial charge in [-0.25, -0.2) is 0 Å². The van der Waals surface area contributed by atoms with Crippen LogP contribution in [0.1, 0.15) is 22.6 Å². The van der Waals surface area contributed by atoms with Crippen molar-refractivity contribution in [2.75, 3.05) is 19.0 Å². The molecule has 0 aromatic heterocycles. The quantitative estimate of drug-likeness (QED) is 0.654. The summed E-state index contributed by atoms with van der Waals surface area (Å²) in [6, 6.07) is 23.7. The molecule has 0 radical (unpaired) electrons. The fourth-order valence-corrected chi connectivity index (χ4v) is 3.03. The number of benzene rings is 3. The number of halogens is 1. The Morgan fingerprint density at radius 1 is 0.792 bits per heavy atom. The van der Waals surface area contributed by atoms with Crippen LogP contribution in [0.4, 0.5) is 5.69 Å². The maximum Gasteiger partial charge on any atom is 0.119 e. The molecule has 0 amide bonds. The van der Waals surface area contributed by atoms with Crippen molar-refractivity contribution in [1.29, 1.82) is 0 Å². The molecule has 0 saturated carbocycles. The van der Waals surface area contributed by atoms with Crippen LogP contribution in [0.3, 0.4) is 0 Å². The Morgan fingerprint density at radius 2 is 1.33 bits per heavy atom. The maximum atomic E-state index is 10.4. The summed E-state index contributed by atoms with van der Waals surface area (Å²) in [5.41, 5.74) is 4.26. The van der Waals surface area contributed by atoms with Gasteiger partial charge in [0.05, 0.1) is 0 Å². The van der Waals surface area contributed by atoms with E-state index in [0.29, 0.717) is 10.8 Å². The maximum absolute atomic E-state index is 10.4. The van der Waals surface area contributed by atoms with Gasteiger partial charge in [0, 0.05) is 36.3 Å². The van der Waals surface area contributed by atoms with Crippen molar-refractivity contribution < 1.29 is 5.11 Å². The predicted octanol–water partition coefficient (Wildman–Crippen LogP) is 5.29. The number of para-hydroxylation sites is 1. The molecule has 24 heavy (non-hydrogen) atoms. The van der Waals surface area contributed by atoms with Crippen molar-refractivity contribution in [1.82, 2.24) is 0 Å². The normalized spacial score (nSPS) is 12.0. The van der Waals surface area contributed by atoms with Gasteiger partial charge in [-0.3, -0.25) is 0 Å². The van der Waals surface area contributed by atoms with Gasteiger partial charge in [-0.1, -0.05) is 54.1 Å². The van der Waals surface area contributed by atoms with Gasteiger partial charge in [0.25, 0.3) is 0 Å². The monoisotopic (exact) mass is 337 g/mol. The Bertz CT molecular complexity index is 810. The summed E-state index contributed by atoms with van der Waals surface area (Å²) in [4.78, 5) is 2.07. The van der Waals surface area contributed by atoms with E-state index in [4.69, 9.17) is 11.6 Å². The van der Waals surface area contributed by atoms with E-state index in [0.717, 1.165) is 22.4 Å². The van der Waals surface area contributed by atoms with Gasteiger partial charge >= 0.3 is 0 Å². The van der Waals surface area contributed by atoms with Crippen LogP contribution in [-0.4, -0.2) is 19.2 Å². The summed E-state index contributed by atoms with van der Waals surface area (Å²) < 4.78 is 0. The fourth-order valence-electron chi connectivity index (χ4n) is 2.90. The molecule has 0 spiro atoms. The van der Waals surface area contributed by atoms with Gasteiger partial charge in [0.1, 0.15) is 5.75 Å². The highest BCUT2D eigenvalue weighted by Gasteiger charge is 2.19. The SMILES string of the molecule is CN(C)c1ccc(C(c2ccc(Cl)cc2)c2ccccc2O)cc1. The highest BCUT2D eigenvalue weighted by atomic mass is 35.5. The highest BCUT2D eigenvalue weighted by molar-refractivity contribution is 6.30.